The predicted molar refractivity (Wildman–Crippen MR) is 99.6 cm³/mol. The average molecular weight is 365 g/mol. The van der Waals surface area contributed by atoms with Gasteiger partial charge in [0.25, 0.3) is 5.91 Å². The molecule has 0 saturated carbocycles. The number of rotatable bonds is 4. The molecule has 1 aliphatic rings. The highest BCUT2D eigenvalue weighted by atomic mass is 19.1. The van der Waals surface area contributed by atoms with Crippen molar-refractivity contribution >= 4 is 5.91 Å². The van der Waals surface area contributed by atoms with E-state index in [1.54, 1.807) is 27.9 Å². The third-order valence-corrected chi connectivity index (χ3v) is 4.69. The Hall–Kier alpha value is -3.15. The number of hydrogen-bond donors (Lipinski definition) is 0. The molecule has 0 fully saturated rings. The first-order chi connectivity index (χ1) is 13.2. The zero-order valence-electron chi connectivity index (χ0n) is 15.1. The number of benzene rings is 2. The summed E-state index contributed by atoms with van der Waals surface area (Å²) >= 11 is 0. The molecule has 0 spiro atoms. The molecule has 1 aliphatic heterocycles. The van der Waals surface area contributed by atoms with Crippen molar-refractivity contribution in [1.82, 2.24) is 14.7 Å². The molecule has 0 saturated heterocycles. The molecule has 138 valence electrons. The van der Waals surface area contributed by atoms with Gasteiger partial charge in [-0.25, -0.2) is 9.07 Å². The number of nitrogens with zero attached hydrogens (tertiary/aromatic N) is 3. The van der Waals surface area contributed by atoms with Crippen molar-refractivity contribution in [2.24, 2.45) is 0 Å². The van der Waals surface area contributed by atoms with Gasteiger partial charge in [-0.2, -0.15) is 5.10 Å². The van der Waals surface area contributed by atoms with Crippen molar-refractivity contribution in [3.63, 3.8) is 0 Å². The highest BCUT2D eigenvalue weighted by molar-refractivity contribution is 5.95. The van der Waals surface area contributed by atoms with Gasteiger partial charge in [-0.05, 0) is 48.7 Å². The van der Waals surface area contributed by atoms with Gasteiger partial charge < -0.3 is 9.64 Å². The van der Waals surface area contributed by atoms with Gasteiger partial charge in [-0.1, -0.05) is 24.3 Å². The summed E-state index contributed by atoms with van der Waals surface area (Å²) in [6, 6.07) is 14.1. The highest BCUT2D eigenvalue weighted by Gasteiger charge is 2.27. The van der Waals surface area contributed by atoms with Crippen LogP contribution in [0.3, 0.4) is 0 Å². The molecule has 1 aromatic heterocycles. The molecule has 0 radical (unpaired) electrons. The molecule has 0 unspecified atom stereocenters. The van der Waals surface area contributed by atoms with Crippen LogP contribution in [0.1, 0.15) is 28.5 Å². The van der Waals surface area contributed by atoms with Gasteiger partial charge in [0, 0.05) is 13.1 Å². The molecule has 6 heteroatoms. The molecular weight excluding hydrogens is 345 g/mol. The number of carbonyl (C=O) groups excluding carboxylic acids is 1. The van der Waals surface area contributed by atoms with Crippen LogP contribution in [-0.4, -0.2) is 33.7 Å². The standard InChI is InChI=1S/C21H20FN3O2/c1-2-27-19-14-25(18-9-7-17(22)8-10-18)23-20(19)21(26)24-12-11-15-5-3-4-6-16(15)13-24/h3-10,14H,2,11-13H2,1H3. The predicted octanol–water partition coefficient (Wildman–Crippen LogP) is 3.61. The summed E-state index contributed by atoms with van der Waals surface area (Å²) in [6.07, 6.45) is 2.49. The van der Waals surface area contributed by atoms with Gasteiger partial charge in [0.15, 0.2) is 11.4 Å². The van der Waals surface area contributed by atoms with Gasteiger partial charge in [0.2, 0.25) is 0 Å². The summed E-state index contributed by atoms with van der Waals surface area (Å²) in [4.78, 5) is 14.9. The normalized spacial score (nSPS) is 13.3. The van der Waals surface area contributed by atoms with Crippen LogP contribution in [0.5, 0.6) is 5.75 Å². The van der Waals surface area contributed by atoms with Crippen molar-refractivity contribution < 1.29 is 13.9 Å². The monoisotopic (exact) mass is 365 g/mol. The molecule has 0 aliphatic carbocycles. The van der Waals surface area contributed by atoms with Crippen LogP contribution in [0.2, 0.25) is 0 Å². The van der Waals surface area contributed by atoms with Crippen LogP contribution in [0.4, 0.5) is 4.39 Å². The first-order valence-corrected chi connectivity index (χ1v) is 9.00. The second-order valence-electron chi connectivity index (χ2n) is 6.44. The van der Waals surface area contributed by atoms with Crippen LogP contribution < -0.4 is 4.74 Å². The number of fused-ring (bicyclic) bond motifs is 1. The molecule has 2 aromatic carbocycles. The van der Waals surface area contributed by atoms with Crippen molar-refractivity contribution in [2.45, 2.75) is 19.9 Å². The molecule has 27 heavy (non-hydrogen) atoms. The second kappa shape index (κ2) is 7.23. The Morgan fingerprint density at radius 2 is 1.89 bits per heavy atom. The van der Waals surface area contributed by atoms with E-state index in [9.17, 15) is 9.18 Å². The van der Waals surface area contributed by atoms with E-state index >= 15 is 0 Å². The molecule has 0 N–H and O–H groups in total. The Labute approximate surface area is 157 Å². The zero-order chi connectivity index (χ0) is 18.8. The summed E-state index contributed by atoms with van der Waals surface area (Å²) in [6.45, 7) is 3.49. The maximum absolute atomic E-state index is 13.2. The van der Waals surface area contributed by atoms with Crippen molar-refractivity contribution in [2.75, 3.05) is 13.2 Å². The Balaban J connectivity index is 1.64. The van der Waals surface area contributed by atoms with Gasteiger partial charge in [0.1, 0.15) is 5.82 Å². The van der Waals surface area contributed by atoms with Crippen LogP contribution >= 0.6 is 0 Å². The molecule has 0 atom stereocenters. The van der Waals surface area contributed by atoms with E-state index in [2.05, 4.69) is 17.2 Å². The minimum Gasteiger partial charge on any atom is -0.490 e. The minimum absolute atomic E-state index is 0.159. The molecular formula is C21H20FN3O2. The Morgan fingerprint density at radius 3 is 2.63 bits per heavy atom. The Bertz CT molecular complexity index is 966. The lowest BCUT2D eigenvalue weighted by atomic mass is 10.00. The molecule has 4 rings (SSSR count). The minimum atomic E-state index is -0.320. The van der Waals surface area contributed by atoms with Gasteiger partial charge >= 0.3 is 0 Å². The number of halogens is 1. The lowest BCUT2D eigenvalue weighted by molar-refractivity contribution is 0.0724. The molecule has 1 amide bonds. The van der Waals surface area contributed by atoms with Crippen LogP contribution in [0, 0.1) is 5.82 Å². The summed E-state index contributed by atoms with van der Waals surface area (Å²) in [5.74, 6) is -0.0429. The lowest BCUT2D eigenvalue weighted by Gasteiger charge is -2.28. The van der Waals surface area contributed by atoms with Crippen molar-refractivity contribution in [3.8, 4) is 11.4 Å². The van der Waals surface area contributed by atoms with E-state index in [0.717, 1.165) is 12.0 Å². The SMILES string of the molecule is CCOc1cn(-c2ccc(F)cc2)nc1C(=O)N1CCc2ccccc2C1. The highest BCUT2D eigenvalue weighted by Crippen LogP contribution is 2.25. The fourth-order valence-corrected chi connectivity index (χ4v) is 3.31. The van der Waals surface area contributed by atoms with E-state index in [0.29, 0.717) is 31.1 Å². The van der Waals surface area contributed by atoms with Crippen molar-refractivity contribution in [3.05, 3.63) is 77.4 Å². The maximum Gasteiger partial charge on any atom is 0.278 e. The topological polar surface area (TPSA) is 47.4 Å². The molecule has 2 heterocycles. The van der Waals surface area contributed by atoms with Crippen LogP contribution in [0.15, 0.2) is 54.7 Å². The van der Waals surface area contributed by atoms with E-state index in [1.807, 2.05) is 19.1 Å². The van der Waals surface area contributed by atoms with Gasteiger partial charge in [-0.3, -0.25) is 4.79 Å². The molecule has 3 aromatic rings. The Morgan fingerprint density at radius 1 is 1.15 bits per heavy atom. The average Bonchev–Trinajstić information content (AvgIpc) is 3.12. The molecule has 5 nitrogen and oxygen atoms in total. The third-order valence-electron chi connectivity index (χ3n) is 4.69. The number of carbonyl (C=O) groups is 1. The number of ether oxygens (including phenoxy) is 1. The second-order valence-corrected chi connectivity index (χ2v) is 6.44. The summed E-state index contributed by atoms with van der Waals surface area (Å²) in [5, 5.41) is 4.44. The van der Waals surface area contributed by atoms with E-state index in [1.165, 1.54) is 17.7 Å². The number of amides is 1. The van der Waals surface area contributed by atoms with E-state index in [4.69, 9.17) is 4.74 Å². The fourth-order valence-electron chi connectivity index (χ4n) is 3.31. The number of hydrogen-bond acceptors (Lipinski definition) is 3. The quantitative estimate of drug-likeness (QED) is 0.710. The zero-order valence-corrected chi connectivity index (χ0v) is 15.1. The van der Waals surface area contributed by atoms with E-state index in [-0.39, 0.29) is 17.4 Å². The Kier molecular flexibility index (Phi) is 4.62. The lowest BCUT2D eigenvalue weighted by Crippen LogP contribution is -2.36. The van der Waals surface area contributed by atoms with Crippen molar-refractivity contribution in [1.29, 1.82) is 0 Å². The molecule has 0 bridgehead atoms. The largest absolute Gasteiger partial charge is 0.490 e. The maximum atomic E-state index is 13.2. The van der Waals surface area contributed by atoms with Crippen LogP contribution in [-0.2, 0) is 13.0 Å². The number of aromatic nitrogens is 2. The van der Waals surface area contributed by atoms with Gasteiger partial charge in [-0.15, -0.1) is 0 Å². The first-order valence-electron chi connectivity index (χ1n) is 9.00. The third kappa shape index (κ3) is 3.43. The summed E-state index contributed by atoms with van der Waals surface area (Å²) < 4.78 is 20.4. The van der Waals surface area contributed by atoms with E-state index < -0.39 is 0 Å². The van der Waals surface area contributed by atoms with Gasteiger partial charge in [0.05, 0.1) is 18.5 Å². The van der Waals surface area contributed by atoms with Crippen LogP contribution in [0.25, 0.3) is 5.69 Å². The summed E-state index contributed by atoms with van der Waals surface area (Å²) in [5.41, 5.74) is 3.39. The fraction of sp³-hybridized carbons (Fsp3) is 0.238. The summed E-state index contributed by atoms with van der Waals surface area (Å²) in [7, 11) is 0. The first kappa shape index (κ1) is 17.3. The smallest absolute Gasteiger partial charge is 0.278 e.